The molecule has 2 unspecified atom stereocenters. The molecule has 164 valence electrons. The van der Waals surface area contributed by atoms with E-state index in [2.05, 4.69) is 102 Å². The second-order valence-corrected chi connectivity index (χ2v) is 11.5. The summed E-state index contributed by atoms with van der Waals surface area (Å²) in [5, 5.41) is 0. The molecule has 0 fully saturated rings. The summed E-state index contributed by atoms with van der Waals surface area (Å²) in [6.45, 7) is 19.3. The Hall–Kier alpha value is -2.41. The van der Waals surface area contributed by atoms with E-state index >= 15 is 0 Å². The van der Waals surface area contributed by atoms with Gasteiger partial charge in [-0.25, -0.2) is 0 Å². The van der Waals surface area contributed by atoms with Gasteiger partial charge in [-0.3, -0.25) is 4.79 Å². The van der Waals surface area contributed by atoms with Crippen LogP contribution in [-0.2, 0) is 10.2 Å². The zero-order chi connectivity index (χ0) is 23.2. The fraction of sp³-hybridized carbons (Fsp3) is 0.433. The maximum absolute atomic E-state index is 14.0. The first-order valence-electron chi connectivity index (χ1n) is 11.4. The SMILES string of the molecule is Cc1ccc(C2=CC(C)(c3ccc(C)cc3)C(C(=O)C(C)(C)C)C(C(C)(C)C)=C2)cc1. The first-order chi connectivity index (χ1) is 14.2. The lowest BCUT2D eigenvalue weighted by Crippen LogP contribution is -2.46. The minimum Gasteiger partial charge on any atom is -0.298 e. The number of carbonyl (C=O) groups is 1. The number of aryl methyl sites for hydroxylation is 2. The average Bonchev–Trinajstić information content (AvgIpc) is 2.66. The normalized spacial score (nSPS) is 22.0. The topological polar surface area (TPSA) is 17.1 Å². The third-order valence-electron chi connectivity index (χ3n) is 6.60. The summed E-state index contributed by atoms with van der Waals surface area (Å²) < 4.78 is 0. The predicted molar refractivity (Wildman–Crippen MR) is 133 cm³/mol. The van der Waals surface area contributed by atoms with E-state index in [-0.39, 0.29) is 11.3 Å². The van der Waals surface area contributed by atoms with Crippen LogP contribution in [0.15, 0.2) is 66.3 Å². The molecule has 0 heterocycles. The zero-order valence-electron chi connectivity index (χ0n) is 20.8. The van der Waals surface area contributed by atoms with Gasteiger partial charge < -0.3 is 0 Å². The van der Waals surface area contributed by atoms with Gasteiger partial charge in [0, 0.05) is 10.8 Å². The van der Waals surface area contributed by atoms with Gasteiger partial charge in [0.15, 0.2) is 0 Å². The van der Waals surface area contributed by atoms with Crippen LogP contribution >= 0.6 is 0 Å². The van der Waals surface area contributed by atoms with Crippen LogP contribution in [0, 0.1) is 30.6 Å². The molecule has 31 heavy (non-hydrogen) atoms. The molecule has 0 aromatic heterocycles. The summed E-state index contributed by atoms with van der Waals surface area (Å²) in [6.07, 6.45) is 4.63. The number of rotatable bonds is 3. The molecular weight excluding hydrogens is 376 g/mol. The summed E-state index contributed by atoms with van der Waals surface area (Å²) in [7, 11) is 0. The van der Waals surface area contributed by atoms with Gasteiger partial charge in [0.2, 0.25) is 0 Å². The Morgan fingerprint density at radius 1 is 0.806 bits per heavy atom. The van der Waals surface area contributed by atoms with Gasteiger partial charge in [0.1, 0.15) is 5.78 Å². The fourth-order valence-corrected chi connectivity index (χ4v) is 4.59. The van der Waals surface area contributed by atoms with Gasteiger partial charge in [0.25, 0.3) is 0 Å². The molecule has 0 saturated carbocycles. The van der Waals surface area contributed by atoms with Crippen LogP contribution < -0.4 is 0 Å². The Bertz CT molecular complexity index is 1020. The molecule has 0 spiro atoms. The summed E-state index contributed by atoms with van der Waals surface area (Å²) in [5.74, 6) is 0.0976. The molecule has 0 N–H and O–H groups in total. The Kier molecular flexibility index (Phi) is 5.95. The number of hydrogen-bond donors (Lipinski definition) is 0. The maximum atomic E-state index is 14.0. The molecule has 0 saturated heterocycles. The van der Waals surface area contributed by atoms with Gasteiger partial charge in [-0.1, -0.05) is 126 Å². The summed E-state index contributed by atoms with van der Waals surface area (Å²) in [6, 6.07) is 17.4. The van der Waals surface area contributed by atoms with Gasteiger partial charge in [-0.05, 0) is 36.0 Å². The van der Waals surface area contributed by atoms with E-state index in [0.29, 0.717) is 5.78 Å². The lowest BCUT2D eigenvalue weighted by Gasteiger charge is -2.46. The molecule has 2 atom stereocenters. The number of ketones is 1. The van der Waals surface area contributed by atoms with E-state index < -0.39 is 10.8 Å². The van der Waals surface area contributed by atoms with E-state index in [4.69, 9.17) is 0 Å². The first-order valence-corrected chi connectivity index (χ1v) is 11.4. The number of benzene rings is 2. The Labute approximate surface area is 189 Å². The van der Waals surface area contributed by atoms with Crippen LogP contribution in [0.25, 0.3) is 5.57 Å². The fourth-order valence-electron chi connectivity index (χ4n) is 4.59. The lowest BCUT2D eigenvalue weighted by atomic mass is 9.56. The molecule has 2 aromatic carbocycles. The first kappa shape index (κ1) is 23.3. The van der Waals surface area contributed by atoms with Crippen molar-refractivity contribution in [1.29, 1.82) is 0 Å². The molecular formula is C30H38O. The number of Topliss-reactive ketones (excluding diaryl/α,β-unsaturated/α-hetero) is 1. The highest BCUT2D eigenvalue weighted by atomic mass is 16.1. The average molecular weight is 415 g/mol. The van der Waals surface area contributed by atoms with Crippen molar-refractivity contribution in [3.05, 3.63) is 88.5 Å². The predicted octanol–water partition coefficient (Wildman–Crippen LogP) is 7.86. The highest BCUT2D eigenvalue weighted by molar-refractivity contribution is 5.93. The quantitative estimate of drug-likeness (QED) is 0.499. The third kappa shape index (κ3) is 4.61. The smallest absolute Gasteiger partial charge is 0.146 e. The molecule has 0 amide bonds. The van der Waals surface area contributed by atoms with E-state index in [1.165, 1.54) is 33.4 Å². The van der Waals surface area contributed by atoms with Gasteiger partial charge >= 0.3 is 0 Å². The molecule has 0 bridgehead atoms. The molecule has 0 radical (unpaired) electrons. The second-order valence-electron chi connectivity index (χ2n) is 11.5. The van der Waals surface area contributed by atoms with E-state index in [1.54, 1.807) is 0 Å². The highest BCUT2D eigenvalue weighted by Gasteiger charge is 2.48. The monoisotopic (exact) mass is 414 g/mol. The zero-order valence-corrected chi connectivity index (χ0v) is 20.8. The molecule has 1 heteroatoms. The standard InChI is InChI=1S/C30H38O/c1-20-10-14-22(15-11-20)23-18-25(28(3,4)5)26(27(31)29(6,7)8)30(9,19-23)24-16-12-21(2)13-17-24/h10-19,26H,1-9H3. The molecule has 0 aliphatic heterocycles. The van der Waals surface area contributed by atoms with Gasteiger partial charge in [-0.2, -0.15) is 0 Å². The van der Waals surface area contributed by atoms with Crippen LogP contribution in [0.1, 0.15) is 70.7 Å². The Morgan fingerprint density at radius 3 is 1.74 bits per heavy atom. The van der Waals surface area contributed by atoms with Crippen LogP contribution in [0.3, 0.4) is 0 Å². The molecule has 1 nitrogen and oxygen atoms in total. The van der Waals surface area contributed by atoms with Crippen molar-refractivity contribution in [1.82, 2.24) is 0 Å². The Balaban J connectivity index is 2.32. The lowest BCUT2D eigenvalue weighted by molar-refractivity contribution is -0.131. The van der Waals surface area contributed by atoms with E-state index in [0.717, 1.165) is 0 Å². The maximum Gasteiger partial charge on any atom is 0.146 e. The van der Waals surface area contributed by atoms with Crippen molar-refractivity contribution < 1.29 is 4.79 Å². The van der Waals surface area contributed by atoms with Gasteiger partial charge in [0.05, 0.1) is 5.92 Å². The van der Waals surface area contributed by atoms with Crippen molar-refractivity contribution >= 4 is 11.4 Å². The molecule has 1 aliphatic carbocycles. The third-order valence-corrected chi connectivity index (χ3v) is 6.60. The minimum absolute atomic E-state index is 0.123. The van der Waals surface area contributed by atoms with Crippen molar-refractivity contribution in [2.75, 3.05) is 0 Å². The second kappa shape index (κ2) is 7.93. The summed E-state index contributed by atoms with van der Waals surface area (Å²) in [4.78, 5) is 14.0. The number of carbonyl (C=O) groups excluding carboxylic acids is 1. The molecule has 3 rings (SSSR count). The van der Waals surface area contributed by atoms with Crippen LogP contribution in [0.2, 0.25) is 0 Å². The largest absolute Gasteiger partial charge is 0.298 e. The summed E-state index contributed by atoms with van der Waals surface area (Å²) >= 11 is 0. The van der Waals surface area contributed by atoms with E-state index in [1.807, 2.05) is 20.8 Å². The number of hydrogen-bond acceptors (Lipinski definition) is 1. The van der Waals surface area contributed by atoms with Crippen LogP contribution in [0.4, 0.5) is 0 Å². The summed E-state index contributed by atoms with van der Waals surface area (Å²) in [5.41, 5.74) is 6.33. The minimum atomic E-state index is -0.421. The van der Waals surface area contributed by atoms with Crippen LogP contribution in [0.5, 0.6) is 0 Å². The van der Waals surface area contributed by atoms with E-state index in [9.17, 15) is 4.79 Å². The van der Waals surface area contributed by atoms with Crippen molar-refractivity contribution in [3.63, 3.8) is 0 Å². The van der Waals surface area contributed by atoms with Crippen molar-refractivity contribution in [2.45, 2.75) is 67.7 Å². The molecule has 2 aromatic rings. The molecule has 1 aliphatic rings. The van der Waals surface area contributed by atoms with Gasteiger partial charge in [-0.15, -0.1) is 0 Å². The van der Waals surface area contributed by atoms with Crippen molar-refractivity contribution in [2.24, 2.45) is 16.7 Å². The Morgan fingerprint density at radius 2 is 1.29 bits per heavy atom. The number of allylic oxidation sites excluding steroid dienone is 4. The van der Waals surface area contributed by atoms with Crippen molar-refractivity contribution in [3.8, 4) is 0 Å². The van der Waals surface area contributed by atoms with Crippen LogP contribution in [-0.4, -0.2) is 5.78 Å². The highest BCUT2D eigenvalue weighted by Crippen LogP contribution is 2.51.